The van der Waals surface area contributed by atoms with Crippen LogP contribution < -0.4 is 9.13 Å². The van der Waals surface area contributed by atoms with Crippen LogP contribution in [0.2, 0.25) is 0 Å². The average molecular weight is 316 g/mol. The van der Waals surface area contributed by atoms with Crippen molar-refractivity contribution >= 4 is 22.5 Å². The van der Waals surface area contributed by atoms with Gasteiger partial charge >= 0.3 is 11.3 Å². The number of nitrogens with zero attached hydrogens (tertiary/aromatic N) is 4. The predicted octanol–water partition coefficient (Wildman–Crippen LogP) is 2.52. The van der Waals surface area contributed by atoms with Gasteiger partial charge < -0.3 is 8.83 Å². The Morgan fingerprint density at radius 2 is 1.21 bits per heavy atom. The van der Waals surface area contributed by atoms with E-state index in [4.69, 9.17) is 8.83 Å². The molecule has 0 aliphatic heterocycles. The molecule has 24 heavy (non-hydrogen) atoms. The molecule has 4 aromatic heterocycles. The summed E-state index contributed by atoms with van der Waals surface area (Å²) in [5.74, 6) is 0. The molecule has 0 radical (unpaired) electrons. The minimum absolute atomic E-state index is 0.742. The Morgan fingerprint density at radius 1 is 0.667 bits per heavy atom. The van der Waals surface area contributed by atoms with Gasteiger partial charge in [0.1, 0.15) is 23.8 Å². The van der Waals surface area contributed by atoms with Crippen LogP contribution in [0.15, 0.2) is 82.5 Å². The lowest BCUT2D eigenvalue weighted by Gasteiger charge is -1.98. The van der Waals surface area contributed by atoms with E-state index in [0.717, 1.165) is 33.8 Å². The van der Waals surface area contributed by atoms with Gasteiger partial charge in [-0.15, -0.1) is 0 Å². The van der Waals surface area contributed by atoms with Crippen LogP contribution in [0.25, 0.3) is 33.8 Å². The van der Waals surface area contributed by atoms with Gasteiger partial charge in [0.2, 0.25) is 11.2 Å². The van der Waals surface area contributed by atoms with Crippen molar-refractivity contribution in [3.05, 3.63) is 73.7 Å². The van der Waals surface area contributed by atoms with Gasteiger partial charge in [-0.3, -0.25) is 0 Å². The van der Waals surface area contributed by atoms with E-state index < -0.39 is 0 Å². The molecule has 5 aromatic rings. The van der Waals surface area contributed by atoms with Gasteiger partial charge in [0.15, 0.2) is 0 Å². The highest BCUT2D eigenvalue weighted by molar-refractivity contribution is 5.64. The third kappa shape index (κ3) is 1.90. The topological polar surface area (TPSA) is 59.8 Å². The lowest BCUT2D eigenvalue weighted by Crippen LogP contribution is -2.32. The fraction of sp³-hybridized carbons (Fsp3) is 0. The van der Waals surface area contributed by atoms with E-state index in [2.05, 4.69) is 9.97 Å². The molecule has 0 spiro atoms. The molecule has 114 valence electrons. The summed E-state index contributed by atoms with van der Waals surface area (Å²) in [6, 6.07) is 15.5. The van der Waals surface area contributed by atoms with Crippen LogP contribution in [-0.4, -0.2) is 9.97 Å². The van der Waals surface area contributed by atoms with Crippen molar-refractivity contribution < 1.29 is 18.0 Å². The summed E-state index contributed by atoms with van der Waals surface area (Å²) in [4.78, 5) is 8.78. The standard InChI is InChI=1S/C18H12N4O2/c1-4-13(21-11-23-15-6-2-8-19-17(15)21)10-14(5-1)22-12-24-16-7-3-9-20-18(16)22/h1-12H/q+2. The van der Waals surface area contributed by atoms with Crippen molar-refractivity contribution in [2.24, 2.45) is 0 Å². The Bertz CT molecular complexity index is 1090. The van der Waals surface area contributed by atoms with E-state index in [1.807, 2.05) is 57.7 Å². The highest BCUT2D eigenvalue weighted by Gasteiger charge is 2.19. The van der Waals surface area contributed by atoms with Crippen LogP contribution in [0.4, 0.5) is 0 Å². The zero-order valence-corrected chi connectivity index (χ0v) is 12.5. The Hall–Kier alpha value is -3.54. The maximum Gasteiger partial charge on any atom is 0.373 e. The number of rotatable bonds is 2. The van der Waals surface area contributed by atoms with E-state index in [0.29, 0.717) is 0 Å². The molecule has 1 aromatic carbocycles. The Labute approximate surface area is 136 Å². The summed E-state index contributed by atoms with van der Waals surface area (Å²) in [5, 5.41) is 0. The van der Waals surface area contributed by atoms with Crippen LogP contribution in [0.1, 0.15) is 0 Å². The van der Waals surface area contributed by atoms with Crippen LogP contribution in [0.5, 0.6) is 0 Å². The maximum absolute atomic E-state index is 5.57. The molecule has 0 saturated carbocycles. The quantitative estimate of drug-likeness (QED) is 0.470. The second-order valence-electron chi connectivity index (χ2n) is 5.36. The van der Waals surface area contributed by atoms with Crippen LogP contribution in [0.3, 0.4) is 0 Å². The third-order valence-electron chi connectivity index (χ3n) is 3.91. The molecular weight excluding hydrogens is 304 g/mol. The smallest absolute Gasteiger partial charge is 0.373 e. The minimum atomic E-state index is 0.742. The van der Waals surface area contributed by atoms with Crippen molar-refractivity contribution in [1.29, 1.82) is 0 Å². The minimum Gasteiger partial charge on any atom is -0.419 e. The van der Waals surface area contributed by atoms with Crippen LogP contribution >= 0.6 is 0 Å². The van der Waals surface area contributed by atoms with E-state index >= 15 is 0 Å². The molecule has 0 saturated heterocycles. The number of aromatic nitrogens is 4. The summed E-state index contributed by atoms with van der Waals surface area (Å²) >= 11 is 0. The molecular formula is C18H12N4O2+2. The molecule has 0 fully saturated rings. The number of oxazole rings is 2. The largest absolute Gasteiger partial charge is 0.419 e. The van der Waals surface area contributed by atoms with Gasteiger partial charge in [-0.05, 0) is 46.4 Å². The third-order valence-corrected chi connectivity index (χ3v) is 3.91. The number of benzene rings is 1. The van der Waals surface area contributed by atoms with Gasteiger partial charge in [-0.2, -0.15) is 9.13 Å². The molecule has 0 unspecified atom stereocenters. The highest BCUT2D eigenvalue weighted by Crippen LogP contribution is 2.14. The van der Waals surface area contributed by atoms with Crippen molar-refractivity contribution in [2.45, 2.75) is 0 Å². The zero-order chi connectivity index (χ0) is 15.9. The first-order chi connectivity index (χ1) is 11.9. The second kappa shape index (κ2) is 4.99. The van der Waals surface area contributed by atoms with Crippen molar-refractivity contribution in [3.8, 4) is 11.4 Å². The SMILES string of the molecule is c1cc(-[n+]2coc3cccnc32)cc(-[n+]2coc3cccnc32)c1. The molecule has 0 aliphatic rings. The first-order valence-electron chi connectivity index (χ1n) is 7.49. The Morgan fingerprint density at radius 3 is 1.75 bits per heavy atom. The second-order valence-corrected chi connectivity index (χ2v) is 5.36. The molecule has 4 heterocycles. The van der Waals surface area contributed by atoms with Crippen molar-refractivity contribution in [2.75, 3.05) is 0 Å². The van der Waals surface area contributed by atoms with Gasteiger partial charge in [-0.1, -0.05) is 6.07 Å². The van der Waals surface area contributed by atoms with Gasteiger partial charge in [-0.25, -0.2) is 0 Å². The van der Waals surface area contributed by atoms with E-state index in [1.54, 1.807) is 25.2 Å². The van der Waals surface area contributed by atoms with Gasteiger partial charge in [0.25, 0.3) is 12.8 Å². The molecule has 0 aliphatic carbocycles. The molecule has 0 atom stereocenters. The lowest BCUT2D eigenvalue weighted by molar-refractivity contribution is -0.583. The summed E-state index contributed by atoms with van der Waals surface area (Å²) in [5.41, 5.74) is 4.92. The highest BCUT2D eigenvalue weighted by atomic mass is 16.3. The normalized spacial score (nSPS) is 11.3. The van der Waals surface area contributed by atoms with Gasteiger partial charge in [0, 0.05) is 6.07 Å². The molecule has 6 nitrogen and oxygen atoms in total. The number of hydrogen-bond acceptors (Lipinski definition) is 4. The molecule has 6 heteroatoms. The maximum atomic E-state index is 5.57. The number of fused-ring (bicyclic) bond motifs is 2. The Kier molecular flexibility index (Phi) is 2.69. The predicted molar refractivity (Wildman–Crippen MR) is 84.6 cm³/mol. The monoisotopic (exact) mass is 316 g/mol. The first-order valence-corrected chi connectivity index (χ1v) is 7.49. The first kappa shape index (κ1) is 13.0. The van der Waals surface area contributed by atoms with Gasteiger partial charge in [0.05, 0.1) is 0 Å². The van der Waals surface area contributed by atoms with E-state index in [9.17, 15) is 0 Å². The lowest BCUT2D eigenvalue weighted by atomic mass is 10.2. The summed E-state index contributed by atoms with van der Waals surface area (Å²) < 4.78 is 15.0. The fourth-order valence-electron chi connectivity index (χ4n) is 2.79. The number of pyridine rings is 2. The summed E-state index contributed by atoms with van der Waals surface area (Å²) in [7, 11) is 0. The van der Waals surface area contributed by atoms with Crippen LogP contribution in [0, 0.1) is 0 Å². The molecule has 0 bridgehead atoms. The zero-order valence-electron chi connectivity index (χ0n) is 12.5. The van der Waals surface area contributed by atoms with E-state index in [-0.39, 0.29) is 0 Å². The average Bonchev–Trinajstić information content (AvgIpc) is 3.26. The molecule has 0 N–H and O–H groups in total. The van der Waals surface area contributed by atoms with E-state index in [1.165, 1.54) is 0 Å². The fourth-order valence-corrected chi connectivity index (χ4v) is 2.79. The summed E-state index contributed by atoms with van der Waals surface area (Å²) in [6.45, 7) is 0. The molecule has 0 amide bonds. The Balaban J connectivity index is 1.69. The van der Waals surface area contributed by atoms with Crippen molar-refractivity contribution in [3.63, 3.8) is 0 Å². The van der Waals surface area contributed by atoms with Crippen LogP contribution in [-0.2, 0) is 0 Å². The van der Waals surface area contributed by atoms with Crippen molar-refractivity contribution in [1.82, 2.24) is 9.97 Å². The summed E-state index contributed by atoms with van der Waals surface area (Å²) in [6.07, 6.45) is 6.82. The number of hydrogen-bond donors (Lipinski definition) is 0. The molecule has 5 rings (SSSR count).